The fourth-order valence-electron chi connectivity index (χ4n) is 9.28. The fourth-order valence-corrected chi connectivity index (χ4v) is 10.4. The summed E-state index contributed by atoms with van der Waals surface area (Å²) in [7, 11) is 0. The van der Waals surface area contributed by atoms with Crippen molar-refractivity contribution in [3.63, 3.8) is 0 Å². The van der Waals surface area contributed by atoms with Crippen molar-refractivity contribution in [2.75, 3.05) is 4.90 Å². The second-order valence-corrected chi connectivity index (χ2v) is 17.1. The molecular weight excluding hydrogens is 783 g/mol. The van der Waals surface area contributed by atoms with E-state index in [0.29, 0.717) is 0 Å². The predicted molar refractivity (Wildman–Crippen MR) is 268 cm³/mol. The fraction of sp³-hybridized carbons (Fsp3) is 0. The molecule has 0 amide bonds. The molecule has 12 aromatic rings. The number of thiophene rings is 1. The van der Waals surface area contributed by atoms with Gasteiger partial charge >= 0.3 is 0 Å². The first-order valence-corrected chi connectivity index (χ1v) is 22.2. The highest BCUT2D eigenvalue weighted by Crippen LogP contribution is 2.46. The molecule has 2 aromatic heterocycles. The Kier molecular flexibility index (Phi) is 9.06. The van der Waals surface area contributed by atoms with Gasteiger partial charge < -0.3 is 9.32 Å². The summed E-state index contributed by atoms with van der Waals surface area (Å²) in [6.45, 7) is 0. The molecule has 0 aliphatic carbocycles. The Labute approximate surface area is 370 Å². The van der Waals surface area contributed by atoms with Gasteiger partial charge in [-0.3, -0.25) is 0 Å². The van der Waals surface area contributed by atoms with Crippen LogP contribution in [0.2, 0.25) is 0 Å². The van der Waals surface area contributed by atoms with Crippen LogP contribution in [0.3, 0.4) is 0 Å². The molecule has 0 saturated carbocycles. The summed E-state index contributed by atoms with van der Waals surface area (Å²) in [5.41, 5.74) is 16.9. The van der Waals surface area contributed by atoms with Gasteiger partial charge in [-0.2, -0.15) is 0 Å². The number of benzene rings is 10. The second-order valence-electron chi connectivity index (χ2n) is 16.0. The molecule has 0 N–H and O–H groups in total. The summed E-state index contributed by atoms with van der Waals surface area (Å²) < 4.78 is 8.79. The van der Waals surface area contributed by atoms with E-state index < -0.39 is 0 Å². The molecule has 0 atom stereocenters. The molecule has 0 aliphatic rings. The largest absolute Gasteiger partial charge is 0.456 e. The first-order valence-electron chi connectivity index (χ1n) is 21.4. The van der Waals surface area contributed by atoms with Crippen LogP contribution in [0.4, 0.5) is 17.1 Å². The number of anilines is 3. The third kappa shape index (κ3) is 6.58. The zero-order chi connectivity index (χ0) is 41.7. The number of furan rings is 1. The Balaban J connectivity index is 0.986. The average Bonchev–Trinajstić information content (AvgIpc) is 3.93. The molecule has 296 valence electrons. The molecule has 12 rings (SSSR count). The number of hydrogen-bond acceptors (Lipinski definition) is 3. The molecule has 3 heteroatoms. The molecule has 2 heterocycles. The van der Waals surface area contributed by atoms with E-state index in [2.05, 4.69) is 229 Å². The quantitative estimate of drug-likeness (QED) is 0.152. The lowest BCUT2D eigenvalue weighted by Crippen LogP contribution is -2.11. The average molecular weight is 822 g/mol. The topological polar surface area (TPSA) is 16.4 Å². The first kappa shape index (κ1) is 36.8. The van der Waals surface area contributed by atoms with Crippen molar-refractivity contribution in [1.29, 1.82) is 0 Å². The molecule has 0 bridgehead atoms. The highest BCUT2D eigenvalue weighted by molar-refractivity contribution is 7.25. The lowest BCUT2D eigenvalue weighted by atomic mass is 9.88. The molecule has 2 nitrogen and oxygen atoms in total. The molecule has 0 aliphatic heterocycles. The van der Waals surface area contributed by atoms with E-state index in [4.69, 9.17) is 4.42 Å². The van der Waals surface area contributed by atoms with E-state index in [-0.39, 0.29) is 0 Å². The Morgan fingerprint density at radius 1 is 0.286 bits per heavy atom. The summed E-state index contributed by atoms with van der Waals surface area (Å²) in [6.07, 6.45) is 0. The molecule has 0 fully saturated rings. The van der Waals surface area contributed by atoms with E-state index in [1.807, 2.05) is 23.5 Å². The van der Waals surface area contributed by atoms with Crippen LogP contribution >= 0.6 is 11.3 Å². The van der Waals surface area contributed by atoms with Gasteiger partial charge in [0.1, 0.15) is 11.2 Å². The van der Waals surface area contributed by atoms with E-state index >= 15 is 0 Å². The van der Waals surface area contributed by atoms with E-state index in [0.717, 1.165) is 55.7 Å². The monoisotopic (exact) mass is 821 g/mol. The lowest BCUT2D eigenvalue weighted by Gasteiger charge is -2.29. The maximum atomic E-state index is 6.17. The molecular formula is C60H39NOS. The van der Waals surface area contributed by atoms with Gasteiger partial charge in [-0.1, -0.05) is 176 Å². The summed E-state index contributed by atoms with van der Waals surface area (Å²) >= 11 is 1.86. The summed E-state index contributed by atoms with van der Waals surface area (Å²) in [4.78, 5) is 2.41. The number of nitrogens with zero attached hydrogens (tertiary/aromatic N) is 1. The van der Waals surface area contributed by atoms with Crippen LogP contribution in [0.5, 0.6) is 0 Å². The van der Waals surface area contributed by atoms with Crippen molar-refractivity contribution in [3.8, 4) is 55.6 Å². The van der Waals surface area contributed by atoms with Crippen LogP contribution < -0.4 is 4.90 Å². The molecule has 63 heavy (non-hydrogen) atoms. The summed E-state index contributed by atoms with van der Waals surface area (Å²) in [5, 5.41) is 4.89. The first-order chi connectivity index (χ1) is 31.2. The Morgan fingerprint density at radius 2 is 0.778 bits per heavy atom. The number of rotatable bonds is 8. The van der Waals surface area contributed by atoms with Crippen LogP contribution in [0.25, 0.3) is 97.7 Å². The predicted octanol–water partition coefficient (Wildman–Crippen LogP) is 17.8. The SMILES string of the molecule is c1ccc(-c2ccccc2-c2ccccc2-c2ccccc2N(c2ccc(-c3ccc4c(c3)sc3ccccc34)cc2)c2ccc(-c3ccc4oc5ccccc5c4c3)cc2)cc1. The Morgan fingerprint density at radius 3 is 1.51 bits per heavy atom. The van der Waals surface area contributed by atoms with Crippen LogP contribution in [0, 0.1) is 0 Å². The highest BCUT2D eigenvalue weighted by Gasteiger charge is 2.21. The number of para-hydroxylation sites is 2. The van der Waals surface area contributed by atoms with Gasteiger partial charge in [-0.05, 0) is 111 Å². The standard InChI is InChI=1S/C60H39NOS/c1-2-14-42(15-3-1)47-16-4-5-17-48(47)49-18-6-7-19-50(49)51-20-8-11-23-56(51)61(45-32-26-40(27-33-45)43-31-37-58-55(38-43)52-21-9-12-24-57(52)62-58)46-34-28-41(29-35-46)44-30-36-54-53-22-10-13-25-59(53)63-60(54)39-44/h1-39H. The highest BCUT2D eigenvalue weighted by atomic mass is 32.1. The van der Waals surface area contributed by atoms with Crippen molar-refractivity contribution in [1.82, 2.24) is 0 Å². The summed E-state index contributed by atoms with van der Waals surface area (Å²) in [6, 6.07) is 85.5. The van der Waals surface area contributed by atoms with Crippen LogP contribution in [0.1, 0.15) is 0 Å². The molecule has 0 unspecified atom stereocenters. The van der Waals surface area contributed by atoms with Crippen molar-refractivity contribution in [2.45, 2.75) is 0 Å². The Bertz CT molecular complexity index is 3620. The van der Waals surface area contributed by atoms with Crippen molar-refractivity contribution in [3.05, 3.63) is 237 Å². The van der Waals surface area contributed by atoms with Gasteiger partial charge in [-0.25, -0.2) is 0 Å². The second kappa shape index (κ2) is 15.5. The molecule has 0 saturated heterocycles. The van der Waals surface area contributed by atoms with Gasteiger partial charge in [0.15, 0.2) is 0 Å². The van der Waals surface area contributed by atoms with E-state index in [9.17, 15) is 0 Å². The zero-order valence-electron chi connectivity index (χ0n) is 34.3. The number of fused-ring (bicyclic) bond motifs is 6. The molecule has 0 radical (unpaired) electrons. The molecule has 0 spiro atoms. The maximum Gasteiger partial charge on any atom is 0.135 e. The minimum absolute atomic E-state index is 0.901. The lowest BCUT2D eigenvalue weighted by molar-refractivity contribution is 0.669. The minimum Gasteiger partial charge on any atom is -0.456 e. The zero-order valence-corrected chi connectivity index (χ0v) is 35.1. The molecule has 10 aromatic carbocycles. The summed E-state index contributed by atoms with van der Waals surface area (Å²) in [5.74, 6) is 0. The van der Waals surface area contributed by atoms with Crippen LogP contribution in [-0.4, -0.2) is 0 Å². The van der Waals surface area contributed by atoms with E-state index in [1.165, 1.54) is 59.1 Å². The van der Waals surface area contributed by atoms with Crippen LogP contribution in [-0.2, 0) is 0 Å². The van der Waals surface area contributed by atoms with Gasteiger partial charge in [0, 0.05) is 47.9 Å². The third-order valence-electron chi connectivity index (χ3n) is 12.3. The van der Waals surface area contributed by atoms with Crippen molar-refractivity contribution in [2.24, 2.45) is 0 Å². The minimum atomic E-state index is 0.901. The normalized spacial score (nSPS) is 11.5. The smallest absolute Gasteiger partial charge is 0.135 e. The van der Waals surface area contributed by atoms with Crippen molar-refractivity contribution < 1.29 is 4.42 Å². The third-order valence-corrected chi connectivity index (χ3v) is 13.5. The van der Waals surface area contributed by atoms with E-state index in [1.54, 1.807) is 0 Å². The Hall–Kier alpha value is -7.98. The van der Waals surface area contributed by atoms with Gasteiger partial charge in [0.05, 0.1) is 5.69 Å². The van der Waals surface area contributed by atoms with Gasteiger partial charge in [0.25, 0.3) is 0 Å². The van der Waals surface area contributed by atoms with Gasteiger partial charge in [0.2, 0.25) is 0 Å². The van der Waals surface area contributed by atoms with Crippen molar-refractivity contribution >= 4 is 70.5 Å². The number of hydrogen-bond donors (Lipinski definition) is 0. The maximum absolute atomic E-state index is 6.17. The van der Waals surface area contributed by atoms with Crippen LogP contribution in [0.15, 0.2) is 241 Å². The van der Waals surface area contributed by atoms with Gasteiger partial charge in [-0.15, -0.1) is 11.3 Å².